The lowest BCUT2D eigenvalue weighted by molar-refractivity contribution is -0.244. The summed E-state index contributed by atoms with van der Waals surface area (Å²) in [5.41, 5.74) is -0.301. The van der Waals surface area contributed by atoms with Crippen LogP contribution in [0, 0.1) is 5.41 Å². The summed E-state index contributed by atoms with van der Waals surface area (Å²) in [5.74, 6) is -0.238. The standard InChI is InChI=1S/C23H22F3N5O3/c1-2-22-11-17(34-19-8-7-14(12-27-19)23(24,25)26)20(22)30(18(22)13-32)21(33)15-5-3-4-6-16(15)31-28-9-10-29-31/h3-10,12,17-18,20,32H,2,11,13H2,1H3. The lowest BCUT2D eigenvalue weighted by atomic mass is 9.49. The Morgan fingerprint density at radius 3 is 2.56 bits per heavy atom. The van der Waals surface area contributed by atoms with Crippen molar-refractivity contribution >= 4 is 5.91 Å². The van der Waals surface area contributed by atoms with Crippen LogP contribution in [0.25, 0.3) is 5.69 Å². The molecule has 0 bridgehead atoms. The number of benzene rings is 1. The van der Waals surface area contributed by atoms with Gasteiger partial charge in [-0.1, -0.05) is 19.1 Å². The number of hydrogen-bond acceptors (Lipinski definition) is 6. The maximum Gasteiger partial charge on any atom is 0.417 e. The third-order valence-corrected chi connectivity index (χ3v) is 6.99. The number of aliphatic hydroxyl groups excluding tert-OH is 1. The van der Waals surface area contributed by atoms with Gasteiger partial charge in [-0.05, 0) is 31.0 Å². The average Bonchev–Trinajstić information content (AvgIpc) is 3.35. The van der Waals surface area contributed by atoms with Gasteiger partial charge in [0.15, 0.2) is 0 Å². The third-order valence-electron chi connectivity index (χ3n) is 6.99. The summed E-state index contributed by atoms with van der Waals surface area (Å²) >= 11 is 0. The minimum absolute atomic E-state index is 0.0590. The SMILES string of the molecule is CCC12CC(Oc3ccc(C(F)(F)F)cn3)C1N(C(=O)c1ccccc1-n1nccn1)C2CO. The van der Waals surface area contributed by atoms with Crippen LogP contribution in [0.1, 0.15) is 35.7 Å². The van der Waals surface area contributed by atoms with E-state index >= 15 is 0 Å². The minimum atomic E-state index is -4.48. The Balaban J connectivity index is 1.41. The van der Waals surface area contributed by atoms with Gasteiger partial charge in [-0.25, -0.2) is 4.98 Å². The molecule has 0 spiro atoms. The lowest BCUT2D eigenvalue weighted by Crippen LogP contribution is -2.85. The summed E-state index contributed by atoms with van der Waals surface area (Å²) in [4.78, 5) is 20.4. The van der Waals surface area contributed by atoms with Crippen molar-refractivity contribution < 1.29 is 27.8 Å². The number of ether oxygens (including phenoxy) is 1. The van der Waals surface area contributed by atoms with Crippen molar-refractivity contribution in [1.29, 1.82) is 0 Å². The molecule has 5 rings (SSSR count). The lowest BCUT2D eigenvalue weighted by Gasteiger charge is -2.72. The van der Waals surface area contributed by atoms with E-state index in [0.29, 0.717) is 17.7 Å². The molecule has 3 heterocycles. The number of aliphatic hydroxyl groups is 1. The number of amides is 1. The monoisotopic (exact) mass is 473 g/mol. The van der Waals surface area contributed by atoms with Crippen molar-refractivity contribution in [3.05, 3.63) is 66.1 Å². The summed E-state index contributed by atoms with van der Waals surface area (Å²) in [7, 11) is 0. The van der Waals surface area contributed by atoms with Gasteiger partial charge in [0.25, 0.3) is 5.91 Å². The zero-order valence-corrected chi connectivity index (χ0v) is 18.2. The molecule has 1 aliphatic carbocycles. The molecule has 4 atom stereocenters. The molecule has 3 aromatic rings. The van der Waals surface area contributed by atoms with Crippen LogP contribution in [0.5, 0.6) is 5.88 Å². The maximum absolute atomic E-state index is 13.7. The first-order chi connectivity index (χ1) is 16.3. The Hall–Kier alpha value is -3.47. The molecule has 1 aliphatic heterocycles. The van der Waals surface area contributed by atoms with Crippen LogP contribution in [0.2, 0.25) is 0 Å². The second-order valence-electron chi connectivity index (χ2n) is 8.52. The molecule has 8 nitrogen and oxygen atoms in total. The molecule has 2 fully saturated rings. The number of carbonyl (C=O) groups is 1. The Morgan fingerprint density at radius 1 is 1.21 bits per heavy atom. The fourth-order valence-electron chi connectivity index (χ4n) is 5.31. The Kier molecular flexibility index (Phi) is 5.31. The number of rotatable bonds is 6. The van der Waals surface area contributed by atoms with Gasteiger partial charge in [0.2, 0.25) is 5.88 Å². The van der Waals surface area contributed by atoms with Gasteiger partial charge in [0.05, 0.1) is 47.9 Å². The van der Waals surface area contributed by atoms with Crippen molar-refractivity contribution in [3.8, 4) is 11.6 Å². The number of carbonyl (C=O) groups excluding carboxylic acids is 1. The zero-order chi connectivity index (χ0) is 24.1. The molecule has 1 N–H and O–H groups in total. The molecular weight excluding hydrogens is 451 g/mol. The second kappa shape index (κ2) is 8.08. The first-order valence-electron chi connectivity index (χ1n) is 10.9. The highest BCUT2D eigenvalue weighted by molar-refractivity contribution is 5.99. The molecule has 0 radical (unpaired) electrons. The number of halogens is 3. The maximum atomic E-state index is 13.7. The van der Waals surface area contributed by atoms with Gasteiger partial charge in [0.1, 0.15) is 6.10 Å². The van der Waals surface area contributed by atoms with E-state index in [-0.39, 0.29) is 29.9 Å². The molecule has 1 saturated carbocycles. The minimum Gasteiger partial charge on any atom is -0.472 e. The molecule has 178 valence electrons. The normalized spacial score (nSPS) is 25.8. The molecule has 1 aromatic carbocycles. The smallest absolute Gasteiger partial charge is 0.417 e. The third kappa shape index (κ3) is 3.33. The number of hydrogen-bond donors (Lipinski definition) is 1. The van der Waals surface area contributed by atoms with Crippen molar-refractivity contribution in [1.82, 2.24) is 24.9 Å². The summed E-state index contributed by atoms with van der Waals surface area (Å²) in [5, 5.41) is 18.4. The number of pyridine rings is 1. The van der Waals surface area contributed by atoms with Crippen LogP contribution < -0.4 is 4.74 Å². The second-order valence-corrected chi connectivity index (χ2v) is 8.52. The van der Waals surface area contributed by atoms with Gasteiger partial charge in [-0.3, -0.25) is 4.79 Å². The number of aromatic nitrogens is 4. The Morgan fingerprint density at radius 2 is 1.94 bits per heavy atom. The highest BCUT2D eigenvalue weighted by atomic mass is 19.4. The molecule has 2 aliphatic rings. The Labute approximate surface area is 193 Å². The number of nitrogens with zero attached hydrogens (tertiary/aromatic N) is 5. The number of alkyl halides is 3. The molecule has 11 heteroatoms. The average molecular weight is 473 g/mol. The molecule has 4 unspecified atom stereocenters. The van der Waals surface area contributed by atoms with E-state index < -0.39 is 23.9 Å². The fourth-order valence-corrected chi connectivity index (χ4v) is 5.31. The van der Waals surface area contributed by atoms with Crippen molar-refractivity contribution in [2.45, 2.75) is 44.1 Å². The van der Waals surface area contributed by atoms with E-state index in [1.165, 1.54) is 23.3 Å². The first kappa shape index (κ1) is 22.3. The number of piperidine rings is 1. The molecule has 34 heavy (non-hydrogen) atoms. The molecular formula is C23H22F3N5O3. The summed E-state index contributed by atoms with van der Waals surface area (Å²) in [6.45, 7) is 1.79. The number of para-hydroxylation sites is 1. The zero-order valence-electron chi connectivity index (χ0n) is 18.2. The van der Waals surface area contributed by atoms with E-state index in [0.717, 1.165) is 18.7 Å². The summed E-state index contributed by atoms with van der Waals surface area (Å²) < 4.78 is 44.4. The van der Waals surface area contributed by atoms with Crippen LogP contribution in [0.3, 0.4) is 0 Å². The largest absolute Gasteiger partial charge is 0.472 e. The van der Waals surface area contributed by atoms with E-state index in [1.807, 2.05) is 6.92 Å². The first-order valence-corrected chi connectivity index (χ1v) is 10.9. The molecule has 2 aromatic heterocycles. The van der Waals surface area contributed by atoms with E-state index in [2.05, 4.69) is 15.2 Å². The topological polar surface area (TPSA) is 93.4 Å². The van der Waals surface area contributed by atoms with Crippen LogP contribution in [0.15, 0.2) is 55.0 Å². The quantitative estimate of drug-likeness (QED) is 0.592. The van der Waals surface area contributed by atoms with Crippen LogP contribution in [-0.4, -0.2) is 60.7 Å². The van der Waals surface area contributed by atoms with Crippen LogP contribution in [-0.2, 0) is 6.18 Å². The highest BCUT2D eigenvalue weighted by Gasteiger charge is 2.72. The Bertz CT molecular complexity index is 1190. The van der Waals surface area contributed by atoms with Gasteiger partial charge >= 0.3 is 6.18 Å². The fraction of sp³-hybridized carbons (Fsp3) is 0.391. The predicted octanol–water partition coefficient (Wildman–Crippen LogP) is 3.11. The van der Waals surface area contributed by atoms with Gasteiger partial charge in [-0.2, -0.15) is 28.2 Å². The molecule has 1 saturated heterocycles. The summed E-state index contributed by atoms with van der Waals surface area (Å²) in [6, 6.07) is 8.28. The molecule has 1 amide bonds. The summed E-state index contributed by atoms with van der Waals surface area (Å²) in [6.07, 6.45) is 0.0955. The van der Waals surface area contributed by atoms with E-state index in [1.54, 1.807) is 29.2 Å². The van der Waals surface area contributed by atoms with Crippen molar-refractivity contribution in [2.24, 2.45) is 5.41 Å². The van der Waals surface area contributed by atoms with Gasteiger partial charge in [-0.15, -0.1) is 0 Å². The van der Waals surface area contributed by atoms with E-state index in [9.17, 15) is 23.1 Å². The van der Waals surface area contributed by atoms with Crippen LogP contribution in [0.4, 0.5) is 13.2 Å². The number of likely N-dealkylation sites (tertiary alicyclic amines) is 1. The van der Waals surface area contributed by atoms with Crippen LogP contribution >= 0.6 is 0 Å². The van der Waals surface area contributed by atoms with Gasteiger partial charge in [0, 0.05) is 17.7 Å². The van der Waals surface area contributed by atoms with Crippen molar-refractivity contribution in [3.63, 3.8) is 0 Å². The van der Waals surface area contributed by atoms with Gasteiger partial charge < -0.3 is 14.7 Å². The highest BCUT2D eigenvalue weighted by Crippen LogP contribution is 2.61. The predicted molar refractivity (Wildman–Crippen MR) is 113 cm³/mol. The van der Waals surface area contributed by atoms with Crippen molar-refractivity contribution in [2.75, 3.05) is 6.61 Å². The van der Waals surface area contributed by atoms with E-state index in [4.69, 9.17) is 4.74 Å². The number of fused-ring (bicyclic) bond motifs is 1.